The van der Waals surface area contributed by atoms with Crippen LogP contribution in [-0.2, 0) is 14.8 Å². The van der Waals surface area contributed by atoms with Crippen molar-refractivity contribution in [2.45, 2.75) is 23.8 Å². The largest absolute Gasteiger partial charge is 0.480 e. The van der Waals surface area contributed by atoms with Gasteiger partial charge in [0.15, 0.2) is 0 Å². The Bertz CT molecular complexity index is 1090. The van der Waals surface area contributed by atoms with Crippen molar-refractivity contribution in [3.05, 3.63) is 41.5 Å². The Labute approximate surface area is 148 Å². The summed E-state index contributed by atoms with van der Waals surface area (Å²) >= 11 is 0. The number of amides is 2. The van der Waals surface area contributed by atoms with Gasteiger partial charge in [-0.2, -0.15) is 4.31 Å². The van der Waals surface area contributed by atoms with Crippen LogP contribution in [0.15, 0.2) is 35.2 Å². The SMILES string of the molecule is O=C1NC(=O)c2cc(S(=O)(=O)N3CCCC3C(=O)O)cc3cccc1c23. The van der Waals surface area contributed by atoms with E-state index in [0.29, 0.717) is 22.8 Å². The molecule has 2 aliphatic rings. The molecule has 1 unspecified atom stereocenters. The Hall–Kier alpha value is -2.78. The molecule has 1 atom stereocenters. The van der Waals surface area contributed by atoms with Gasteiger partial charge >= 0.3 is 5.97 Å². The number of benzene rings is 2. The van der Waals surface area contributed by atoms with E-state index in [0.717, 1.165) is 4.31 Å². The van der Waals surface area contributed by atoms with Crippen molar-refractivity contribution in [1.82, 2.24) is 9.62 Å². The summed E-state index contributed by atoms with van der Waals surface area (Å²) in [6.45, 7) is 0.109. The Morgan fingerprint density at radius 2 is 1.88 bits per heavy atom. The first-order valence-corrected chi connectivity index (χ1v) is 9.42. The lowest BCUT2D eigenvalue weighted by Gasteiger charge is -2.23. The Balaban J connectivity index is 1.93. The molecular weight excluding hydrogens is 360 g/mol. The minimum Gasteiger partial charge on any atom is -0.480 e. The molecule has 1 saturated heterocycles. The number of carboxylic acids is 1. The molecule has 134 valence electrons. The standard InChI is InChI=1S/C17H14N2O6S/c20-15-11-4-1-3-9-7-10(8-12(14(9)11)16(21)18-15)26(24,25)19-6-2-5-13(19)17(22)23/h1,3-4,7-8,13H,2,5-6H2,(H,22,23)(H,18,20,21). The molecule has 2 heterocycles. The number of nitrogens with one attached hydrogen (secondary N) is 1. The Kier molecular flexibility index (Phi) is 3.60. The van der Waals surface area contributed by atoms with Gasteiger partial charge in [-0.15, -0.1) is 0 Å². The smallest absolute Gasteiger partial charge is 0.322 e. The minimum atomic E-state index is -4.10. The van der Waals surface area contributed by atoms with Gasteiger partial charge in [0, 0.05) is 23.1 Å². The van der Waals surface area contributed by atoms with Crippen LogP contribution in [0.25, 0.3) is 10.8 Å². The summed E-state index contributed by atoms with van der Waals surface area (Å²) in [6.07, 6.45) is 0.698. The number of aliphatic carboxylic acids is 1. The van der Waals surface area contributed by atoms with E-state index in [9.17, 15) is 27.9 Å². The second-order valence-corrected chi connectivity index (χ2v) is 8.16. The molecular formula is C17H14N2O6S. The molecule has 1 fully saturated rings. The zero-order valence-corrected chi connectivity index (χ0v) is 14.2. The zero-order valence-electron chi connectivity index (χ0n) is 13.4. The van der Waals surface area contributed by atoms with Crippen molar-refractivity contribution < 1.29 is 27.9 Å². The van der Waals surface area contributed by atoms with Crippen LogP contribution in [0.1, 0.15) is 33.6 Å². The molecule has 2 aromatic carbocycles. The van der Waals surface area contributed by atoms with Crippen LogP contribution in [0.2, 0.25) is 0 Å². The zero-order chi connectivity index (χ0) is 18.6. The highest BCUT2D eigenvalue weighted by Crippen LogP contribution is 2.32. The number of hydrogen-bond acceptors (Lipinski definition) is 5. The first-order chi connectivity index (χ1) is 12.3. The summed E-state index contributed by atoms with van der Waals surface area (Å²) in [6, 6.07) is 6.24. The third-order valence-corrected chi connectivity index (χ3v) is 6.65. The molecule has 2 aromatic rings. The van der Waals surface area contributed by atoms with Crippen molar-refractivity contribution in [2.75, 3.05) is 6.54 Å². The summed E-state index contributed by atoms with van der Waals surface area (Å²) in [5, 5.41) is 12.3. The van der Waals surface area contributed by atoms with Crippen molar-refractivity contribution in [2.24, 2.45) is 0 Å². The fraction of sp³-hybridized carbons (Fsp3) is 0.235. The van der Waals surface area contributed by atoms with Gasteiger partial charge in [-0.05, 0) is 36.4 Å². The van der Waals surface area contributed by atoms with Gasteiger partial charge in [-0.3, -0.25) is 19.7 Å². The molecule has 2 amide bonds. The fourth-order valence-corrected chi connectivity index (χ4v) is 5.28. The first kappa shape index (κ1) is 16.7. The van der Waals surface area contributed by atoms with Crippen molar-refractivity contribution >= 4 is 38.6 Å². The summed E-state index contributed by atoms with van der Waals surface area (Å²) in [5.41, 5.74) is 0.382. The Morgan fingerprint density at radius 3 is 2.62 bits per heavy atom. The van der Waals surface area contributed by atoms with Crippen LogP contribution in [0.5, 0.6) is 0 Å². The van der Waals surface area contributed by atoms with Crippen LogP contribution >= 0.6 is 0 Å². The van der Waals surface area contributed by atoms with Crippen LogP contribution in [0, 0.1) is 0 Å². The summed E-state index contributed by atoms with van der Waals surface area (Å²) in [7, 11) is -4.10. The molecule has 0 aromatic heterocycles. The van der Waals surface area contributed by atoms with E-state index in [1.165, 1.54) is 12.1 Å². The second kappa shape index (κ2) is 5.61. The van der Waals surface area contributed by atoms with Gasteiger partial charge in [0.2, 0.25) is 10.0 Å². The minimum absolute atomic E-state index is 0.0855. The van der Waals surface area contributed by atoms with E-state index in [-0.39, 0.29) is 23.4 Å². The molecule has 0 bridgehead atoms. The number of nitrogens with zero attached hydrogens (tertiary/aromatic N) is 1. The fourth-order valence-electron chi connectivity index (χ4n) is 3.57. The molecule has 0 spiro atoms. The molecule has 26 heavy (non-hydrogen) atoms. The predicted octanol–water partition coefficient (Wildman–Crippen LogP) is 0.961. The number of carbonyl (C=O) groups excluding carboxylic acids is 2. The normalized spacial score (nSPS) is 20.4. The number of carbonyl (C=O) groups is 3. The Morgan fingerprint density at radius 1 is 1.15 bits per heavy atom. The van der Waals surface area contributed by atoms with E-state index >= 15 is 0 Å². The lowest BCUT2D eigenvalue weighted by molar-refractivity contribution is -0.140. The molecule has 0 saturated carbocycles. The number of hydrogen-bond donors (Lipinski definition) is 2. The molecule has 0 aliphatic carbocycles. The summed E-state index contributed by atoms with van der Waals surface area (Å²) < 4.78 is 27.0. The monoisotopic (exact) mass is 374 g/mol. The number of imide groups is 1. The predicted molar refractivity (Wildman–Crippen MR) is 90.3 cm³/mol. The van der Waals surface area contributed by atoms with E-state index in [1.54, 1.807) is 18.2 Å². The summed E-state index contributed by atoms with van der Waals surface area (Å²) in [4.78, 5) is 35.4. The van der Waals surface area contributed by atoms with Crippen LogP contribution in [0.3, 0.4) is 0 Å². The highest BCUT2D eigenvalue weighted by molar-refractivity contribution is 7.89. The number of rotatable bonds is 3. The van der Waals surface area contributed by atoms with Gasteiger partial charge in [-0.25, -0.2) is 8.42 Å². The molecule has 0 radical (unpaired) electrons. The topological polar surface area (TPSA) is 121 Å². The first-order valence-electron chi connectivity index (χ1n) is 7.98. The van der Waals surface area contributed by atoms with E-state index in [4.69, 9.17) is 0 Å². The third-order valence-electron chi connectivity index (χ3n) is 4.76. The van der Waals surface area contributed by atoms with E-state index < -0.39 is 33.8 Å². The summed E-state index contributed by atoms with van der Waals surface area (Å²) in [5.74, 6) is -2.40. The van der Waals surface area contributed by atoms with Gasteiger partial charge in [-0.1, -0.05) is 12.1 Å². The average Bonchev–Trinajstić information content (AvgIpc) is 3.10. The van der Waals surface area contributed by atoms with Crippen LogP contribution in [0.4, 0.5) is 0 Å². The average molecular weight is 374 g/mol. The lowest BCUT2D eigenvalue weighted by atomic mass is 9.95. The van der Waals surface area contributed by atoms with E-state index in [2.05, 4.69) is 5.32 Å². The van der Waals surface area contributed by atoms with Crippen molar-refractivity contribution in [3.8, 4) is 0 Å². The van der Waals surface area contributed by atoms with Gasteiger partial charge in [0.05, 0.1) is 4.90 Å². The number of sulfonamides is 1. The van der Waals surface area contributed by atoms with Gasteiger partial charge in [0.1, 0.15) is 6.04 Å². The number of carboxylic acid groups (broad SMARTS) is 1. The maximum atomic E-state index is 13.0. The van der Waals surface area contributed by atoms with Gasteiger partial charge < -0.3 is 5.11 Å². The van der Waals surface area contributed by atoms with Gasteiger partial charge in [0.25, 0.3) is 11.8 Å². The highest BCUT2D eigenvalue weighted by atomic mass is 32.2. The third kappa shape index (κ3) is 2.31. The second-order valence-electron chi connectivity index (χ2n) is 6.27. The lowest BCUT2D eigenvalue weighted by Crippen LogP contribution is -2.40. The molecule has 4 rings (SSSR count). The molecule has 9 heteroatoms. The maximum Gasteiger partial charge on any atom is 0.322 e. The maximum absolute atomic E-state index is 13.0. The molecule has 2 aliphatic heterocycles. The van der Waals surface area contributed by atoms with Crippen molar-refractivity contribution in [3.63, 3.8) is 0 Å². The van der Waals surface area contributed by atoms with Crippen molar-refractivity contribution in [1.29, 1.82) is 0 Å². The molecule has 8 nitrogen and oxygen atoms in total. The highest BCUT2D eigenvalue weighted by Gasteiger charge is 2.40. The van der Waals surface area contributed by atoms with E-state index in [1.807, 2.05) is 0 Å². The molecule has 2 N–H and O–H groups in total. The van der Waals surface area contributed by atoms with Crippen LogP contribution < -0.4 is 5.32 Å². The van der Waals surface area contributed by atoms with Crippen LogP contribution in [-0.4, -0.2) is 48.2 Å². The quantitative estimate of drug-likeness (QED) is 0.772.